The molecule has 0 bridgehead atoms. The van der Waals surface area contributed by atoms with Gasteiger partial charge in [0.05, 0.1) is 0 Å². The number of carbonyl (C=O) groups excluding carboxylic acids is 1. The van der Waals surface area contributed by atoms with Crippen LogP contribution in [0.3, 0.4) is 0 Å². The number of hydrogen-bond acceptors (Lipinski definition) is 4. The van der Waals surface area contributed by atoms with Gasteiger partial charge in [-0.3, -0.25) is 0 Å². The standard InChI is InChI=1S/C17H15BrN2O3S/c18-12-2-4-13(5-3-12)19-17(21)20-7-8-24-16(20)11-1-6-14-15(9-11)23-10-22-14/h1-6,9,16H,7-8,10H2,(H,19,21). The van der Waals surface area contributed by atoms with E-state index in [1.807, 2.05) is 47.4 Å². The van der Waals surface area contributed by atoms with E-state index in [4.69, 9.17) is 9.47 Å². The number of ether oxygens (including phenoxy) is 2. The molecule has 2 heterocycles. The number of hydrogen-bond donors (Lipinski definition) is 1. The first-order valence-corrected chi connectivity index (χ1v) is 9.39. The van der Waals surface area contributed by atoms with Crippen LogP contribution in [0.4, 0.5) is 10.5 Å². The van der Waals surface area contributed by atoms with Gasteiger partial charge < -0.3 is 19.7 Å². The monoisotopic (exact) mass is 406 g/mol. The molecule has 0 aliphatic carbocycles. The Hall–Kier alpha value is -1.86. The fraction of sp³-hybridized carbons (Fsp3) is 0.235. The number of halogens is 1. The van der Waals surface area contributed by atoms with Gasteiger partial charge in [0.1, 0.15) is 5.37 Å². The molecule has 1 atom stereocenters. The molecule has 4 rings (SSSR count). The Balaban J connectivity index is 1.52. The zero-order valence-electron chi connectivity index (χ0n) is 12.7. The van der Waals surface area contributed by atoms with E-state index in [0.29, 0.717) is 6.54 Å². The van der Waals surface area contributed by atoms with E-state index < -0.39 is 0 Å². The fourth-order valence-electron chi connectivity index (χ4n) is 2.75. The normalized spacial score (nSPS) is 18.7. The van der Waals surface area contributed by atoms with Gasteiger partial charge in [-0.25, -0.2) is 4.79 Å². The highest BCUT2D eigenvalue weighted by molar-refractivity contribution is 9.10. The van der Waals surface area contributed by atoms with E-state index >= 15 is 0 Å². The lowest BCUT2D eigenvalue weighted by Gasteiger charge is -2.24. The third kappa shape index (κ3) is 3.06. The topological polar surface area (TPSA) is 50.8 Å². The van der Waals surface area contributed by atoms with Gasteiger partial charge in [0, 0.05) is 22.5 Å². The first kappa shape index (κ1) is 15.7. The molecule has 1 unspecified atom stereocenters. The van der Waals surface area contributed by atoms with Gasteiger partial charge in [-0.1, -0.05) is 22.0 Å². The van der Waals surface area contributed by atoms with Crippen molar-refractivity contribution >= 4 is 39.4 Å². The van der Waals surface area contributed by atoms with Gasteiger partial charge in [-0.15, -0.1) is 11.8 Å². The van der Waals surface area contributed by atoms with Gasteiger partial charge in [0.25, 0.3) is 0 Å². The van der Waals surface area contributed by atoms with Gasteiger partial charge in [0.2, 0.25) is 6.79 Å². The number of nitrogens with one attached hydrogen (secondary N) is 1. The SMILES string of the molecule is O=C(Nc1ccc(Br)cc1)N1CCSC1c1ccc2c(c1)OCO2. The average Bonchev–Trinajstić information content (AvgIpc) is 3.25. The molecule has 1 N–H and O–H groups in total. The van der Waals surface area contributed by atoms with Crippen molar-refractivity contribution in [1.29, 1.82) is 0 Å². The maximum atomic E-state index is 12.7. The second-order valence-electron chi connectivity index (χ2n) is 5.47. The summed E-state index contributed by atoms with van der Waals surface area (Å²) in [6.07, 6.45) is 0. The Bertz CT molecular complexity index is 769. The minimum absolute atomic E-state index is 0.0186. The van der Waals surface area contributed by atoms with Crippen LogP contribution in [0.1, 0.15) is 10.9 Å². The highest BCUT2D eigenvalue weighted by Gasteiger charge is 2.31. The average molecular weight is 407 g/mol. The maximum Gasteiger partial charge on any atom is 0.323 e. The Morgan fingerprint density at radius 1 is 1.17 bits per heavy atom. The highest BCUT2D eigenvalue weighted by Crippen LogP contribution is 2.42. The molecule has 2 aliphatic heterocycles. The van der Waals surface area contributed by atoms with Crippen molar-refractivity contribution in [2.24, 2.45) is 0 Å². The van der Waals surface area contributed by atoms with E-state index in [1.54, 1.807) is 11.8 Å². The van der Waals surface area contributed by atoms with Crippen molar-refractivity contribution in [2.45, 2.75) is 5.37 Å². The van der Waals surface area contributed by atoms with Gasteiger partial charge >= 0.3 is 6.03 Å². The van der Waals surface area contributed by atoms with E-state index in [9.17, 15) is 4.79 Å². The predicted molar refractivity (Wildman–Crippen MR) is 97.6 cm³/mol. The third-order valence-corrected chi connectivity index (χ3v) is 5.72. The fourth-order valence-corrected chi connectivity index (χ4v) is 4.26. The number of benzene rings is 2. The summed E-state index contributed by atoms with van der Waals surface area (Å²) in [5, 5.41) is 2.94. The molecule has 2 aromatic rings. The van der Waals surface area contributed by atoms with Crippen molar-refractivity contribution in [1.82, 2.24) is 4.90 Å². The summed E-state index contributed by atoms with van der Waals surface area (Å²) in [6, 6.07) is 13.3. The lowest BCUT2D eigenvalue weighted by molar-refractivity contribution is 0.174. The van der Waals surface area contributed by atoms with Crippen LogP contribution in [-0.4, -0.2) is 30.0 Å². The zero-order chi connectivity index (χ0) is 16.5. The lowest BCUT2D eigenvalue weighted by atomic mass is 10.2. The molecule has 124 valence electrons. The molecular formula is C17H15BrN2O3S. The van der Waals surface area contributed by atoms with Crippen molar-refractivity contribution in [3.05, 3.63) is 52.5 Å². The van der Waals surface area contributed by atoms with Crippen LogP contribution < -0.4 is 14.8 Å². The van der Waals surface area contributed by atoms with E-state index in [1.165, 1.54) is 0 Å². The second-order valence-corrected chi connectivity index (χ2v) is 7.57. The molecule has 7 heteroatoms. The minimum Gasteiger partial charge on any atom is -0.454 e. The minimum atomic E-state index is -0.0926. The number of nitrogens with zero attached hydrogens (tertiary/aromatic N) is 1. The van der Waals surface area contributed by atoms with E-state index in [-0.39, 0.29) is 18.2 Å². The molecule has 24 heavy (non-hydrogen) atoms. The highest BCUT2D eigenvalue weighted by atomic mass is 79.9. The molecule has 0 spiro atoms. The molecule has 1 fully saturated rings. The summed E-state index contributed by atoms with van der Waals surface area (Å²) in [6.45, 7) is 0.969. The molecule has 2 aromatic carbocycles. The number of anilines is 1. The Morgan fingerprint density at radius 2 is 1.96 bits per heavy atom. The van der Waals surface area contributed by atoms with Crippen LogP contribution in [-0.2, 0) is 0 Å². The van der Waals surface area contributed by atoms with Gasteiger partial charge in [-0.2, -0.15) is 0 Å². The lowest BCUT2D eigenvalue weighted by Crippen LogP contribution is -2.34. The number of urea groups is 1. The Kier molecular flexibility index (Phi) is 4.28. The van der Waals surface area contributed by atoms with Crippen LogP contribution in [0, 0.1) is 0 Å². The summed E-state index contributed by atoms with van der Waals surface area (Å²) in [5.41, 5.74) is 1.83. The summed E-state index contributed by atoms with van der Waals surface area (Å²) < 4.78 is 11.8. The molecular weight excluding hydrogens is 392 g/mol. The number of amides is 2. The van der Waals surface area contributed by atoms with Crippen LogP contribution in [0.25, 0.3) is 0 Å². The third-order valence-electron chi connectivity index (χ3n) is 3.93. The van der Waals surface area contributed by atoms with Crippen LogP contribution in [0.15, 0.2) is 46.9 Å². The van der Waals surface area contributed by atoms with Crippen LogP contribution in [0.2, 0.25) is 0 Å². The number of rotatable bonds is 2. The van der Waals surface area contributed by atoms with Crippen LogP contribution >= 0.6 is 27.7 Å². The maximum absolute atomic E-state index is 12.7. The molecule has 1 saturated heterocycles. The molecule has 0 saturated carbocycles. The molecule has 2 aliphatic rings. The van der Waals surface area contributed by atoms with E-state index in [2.05, 4.69) is 21.2 Å². The largest absolute Gasteiger partial charge is 0.454 e. The van der Waals surface area contributed by atoms with Crippen molar-refractivity contribution in [3.8, 4) is 11.5 Å². The van der Waals surface area contributed by atoms with Crippen molar-refractivity contribution < 1.29 is 14.3 Å². The molecule has 0 aromatic heterocycles. The van der Waals surface area contributed by atoms with E-state index in [0.717, 1.165) is 33.0 Å². The summed E-state index contributed by atoms with van der Waals surface area (Å²) in [7, 11) is 0. The summed E-state index contributed by atoms with van der Waals surface area (Å²) in [5.74, 6) is 2.41. The number of thioether (sulfide) groups is 1. The number of fused-ring (bicyclic) bond motifs is 1. The second kappa shape index (κ2) is 6.57. The van der Waals surface area contributed by atoms with Crippen LogP contribution in [0.5, 0.6) is 11.5 Å². The first-order chi connectivity index (χ1) is 11.7. The molecule has 0 radical (unpaired) electrons. The smallest absolute Gasteiger partial charge is 0.323 e. The quantitative estimate of drug-likeness (QED) is 0.799. The zero-order valence-corrected chi connectivity index (χ0v) is 15.1. The van der Waals surface area contributed by atoms with Gasteiger partial charge in [0.15, 0.2) is 11.5 Å². The summed E-state index contributed by atoms with van der Waals surface area (Å²) >= 11 is 5.15. The Morgan fingerprint density at radius 3 is 2.79 bits per heavy atom. The van der Waals surface area contributed by atoms with Crippen molar-refractivity contribution in [2.75, 3.05) is 24.4 Å². The Labute approximate surface area is 152 Å². The van der Waals surface area contributed by atoms with Crippen molar-refractivity contribution in [3.63, 3.8) is 0 Å². The molecule has 5 nitrogen and oxygen atoms in total. The first-order valence-electron chi connectivity index (χ1n) is 7.55. The predicted octanol–water partition coefficient (Wildman–Crippen LogP) is 4.46. The summed E-state index contributed by atoms with van der Waals surface area (Å²) in [4.78, 5) is 14.5. The number of carbonyl (C=O) groups is 1. The van der Waals surface area contributed by atoms with Gasteiger partial charge in [-0.05, 0) is 42.0 Å². The molecule has 2 amide bonds.